The molecular weight excluding hydrogens is 877 g/mol. The Morgan fingerprint density at radius 3 is 1.67 bits per heavy atom. The van der Waals surface area contributed by atoms with Gasteiger partial charge < -0.3 is 28.3 Å². The van der Waals surface area contributed by atoms with E-state index >= 15 is 0 Å². The fraction of sp³-hybridized carbons (Fsp3) is 0.189. The third-order valence-electron chi connectivity index (χ3n) is 12.4. The summed E-state index contributed by atoms with van der Waals surface area (Å²) in [6, 6.07) is 30.0. The van der Waals surface area contributed by atoms with Crippen LogP contribution in [0.4, 0.5) is 8.78 Å². The van der Waals surface area contributed by atoms with Gasteiger partial charge in [0.1, 0.15) is 40.6 Å². The molecule has 6 aromatic rings. The van der Waals surface area contributed by atoms with Gasteiger partial charge in [0, 0.05) is 46.5 Å². The van der Waals surface area contributed by atoms with E-state index in [9.17, 15) is 19.1 Å². The van der Waals surface area contributed by atoms with E-state index in [0.29, 0.717) is 40.1 Å². The Kier molecular flexibility index (Phi) is 12.5. The van der Waals surface area contributed by atoms with Crippen LogP contribution in [0.15, 0.2) is 128 Å². The average molecular weight is 924 g/mol. The first-order valence-corrected chi connectivity index (χ1v) is 22.1. The molecule has 4 aliphatic rings. The Balaban J connectivity index is 0.000000172. The summed E-state index contributed by atoms with van der Waals surface area (Å²) < 4.78 is 46.0. The monoisotopic (exact) mass is 923 g/mol. The van der Waals surface area contributed by atoms with Crippen LogP contribution in [0, 0.1) is 43.7 Å². The van der Waals surface area contributed by atoms with Crippen LogP contribution < -0.4 is 9.47 Å². The smallest absolute Gasteiger partial charge is 0.165 e. The molecule has 2 aromatic heterocycles. The molecule has 4 aromatic carbocycles. The highest BCUT2D eigenvalue weighted by Crippen LogP contribution is 2.40. The topological polar surface area (TPSA) is 160 Å². The lowest BCUT2D eigenvalue weighted by atomic mass is 10.0. The van der Waals surface area contributed by atoms with Gasteiger partial charge in [-0.25, -0.2) is 18.7 Å². The number of methoxy groups -OCH3 is 2. The number of aryl methyl sites for hydroxylation is 2. The SMILES string of the molecule is COc1cc(-c2nnc3n([C@@H](C)c4ccc(F)cc4)cc(C#N)cc2-3)ccc1-n1cnc(C)c1C.COc1cc(-c2nnc3n([C@@H](C)c4ccc(F)cc4)cc(CO)cc2-3)ccc1-n1cnc(C)c1. The fourth-order valence-corrected chi connectivity index (χ4v) is 8.46. The number of rotatable bonds is 11. The van der Waals surface area contributed by atoms with Gasteiger partial charge in [0.2, 0.25) is 0 Å². The number of nitriles is 1. The number of pyridine rings is 2. The van der Waals surface area contributed by atoms with Crippen LogP contribution in [0.2, 0.25) is 0 Å². The summed E-state index contributed by atoms with van der Waals surface area (Å²) in [6.45, 7) is 9.77. The highest BCUT2D eigenvalue weighted by Gasteiger charge is 2.26. The minimum absolute atomic E-state index is 0.126. The van der Waals surface area contributed by atoms with Gasteiger partial charge in [0.05, 0.1) is 73.9 Å². The lowest BCUT2D eigenvalue weighted by Gasteiger charge is -2.21. The first-order chi connectivity index (χ1) is 33.4. The number of ether oxygens (including phenoxy) is 2. The van der Waals surface area contributed by atoms with E-state index < -0.39 is 0 Å². The first kappa shape index (κ1) is 45.6. The van der Waals surface area contributed by atoms with E-state index in [0.717, 1.165) is 67.4 Å². The molecule has 346 valence electrons. The van der Waals surface area contributed by atoms with Crippen LogP contribution in [0.5, 0.6) is 11.5 Å². The molecule has 10 rings (SSSR count). The molecule has 4 aliphatic heterocycles. The molecule has 0 fully saturated rings. The van der Waals surface area contributed by atoms with Gasteiger partial charge in [-0.2, -0.15) is 5.26 Å². The van der Waals surface area contributed by atoms with Crippen LogP contribution in [0.1, 0.15) is 65.3 Å². The molecule has 6 heterocycles. The van der Waals surface area contributed by atoms with Gasteiger partial charge in [-0.15, -0.1) is 20.4 Å². The number of aromatic nitrogens is 10. The van der Waals surface area contributed by atoms with E-state index in [-0.39, 0.29) is 30.3 Å². The van der Waals surface area contributed by atoms with Crippen LogP contribution in [-0.4, -0.2) is 68.0 Å². The predicted molar refractivity (Wildman–Crippen MR) is 257 cm³/mol. The number of nitrogens with zero attached hydrogens (tertiary/aromatic N) is 11. The van der Waals surface area contributed by atoms with Gasteiger partial charge >= 0.3 is 0 Å². The number of aliphatic hydroxyl groups excluding tert-OH is 1. The molecule has 2 atom stereocenters. The number of fused-ring (bicyclic) bond motifs is 2. The zero-order valence-corrected chi connectivity index (χ0v) is 38.9. The molecule has 0 amide bonds. The number of hydrogen-bond acceptors (Lipinski definition) is 10. The van der Waals surface area contributed by atoms with Gasteiger partial charge in [-0.1, -0.05) is 36.4 Å². The lowest BCUT2D eigenvalue weighted by molar-refractivity contribution is 0.280. The molecule has 0 saturated carbocycles. The molecule has 14 nitrogen and oxygen atoms in total. The maximum absolute atomic E-state index is 13.4. The fourth-order valence-electron chi connectivity index (χ4n) is 8.46. The highest BCUT2D eigenvalue weighted by molar-refractivity contribution is 5.82. The van der Waals surface area contributed by atoms with Gasteiger partial charge in [0.25, 0.3) is 0 Å². The van der Waals surface area contributed by atoms with Gasteiger partial charge in [0.15, 0.2) is 11.6 Å². The largest absolute Gasteiger partial charge is 0.495 e. The van der Waals surface area contributed by atoms with Crippen molar-refractivity contribution < 1.29 is 23.4 Å². The third kappa shape index (κ3) is 8.78. The van der Waals surface area contributed by atoms with Crippen LogP contribution in [0.25, 0.3) is 56.7 Å². The molecule has 16 heteroatoms. The van der Waals surface area contributed by atoms with Crippen LogP contribution >= 0.6 is 0 Å². The van der Waals surface area contributed by atoms with E-state index in [2.05, 4.69) is 36.4 Å². The van der Waals surface area contributed by atoms with E-state index in [4.69, 9.17) is 9.47 Å². The van der Waals surface area contributed by atoms with E-state index in [1.54, 1.807) is 63.4 Å². The van der Waals surface area contributed by atoms with E-state index in [1.165, 1.54) is 24.3 Å². The molecule has 1 N–H and O–H groups in total. The quantitative estimate of drug-likeness (QED) is 0.132. The second-order valence-electron chi connectivity index (χ2n) is 16.7. The standard InChI is InChI=1S/C27H23FN6O.C26H24FN5O2/c1-16-17(2)34(15-30-16)24-10-7-21(12-25(24)35-4)26-23-11-19(13-29)14-33(27(23)32-31-26)18(3)20-5-8-22(28)9-6-20;1-16-12-31(15-28-16)23-9-6-20(11-24(23)34-3)25-22-10-18(14-33)13-32(26(22)30-29-25)17(2)19-4-7-21(27)8-5-19/h5-12,14-15,18H,1-4H3;4-13,15,17,33H,14H2,1-3H3/t18-;17-/m00/s1. The molecule has 0 spiro atoms. The number of hydrogen-bond donors (Lipinski definition) is 1. The van der Waals surface area contributed by atoms with Crippen molar-refractivity contribution in [1.29, 1.82) is 5.26 Å². The van der Waals surface area contributed by atoms with Crippen molar-refractivity contribution in [2.75, 3.05) is 14.2 Å². The Morgan fingerprint density at radius 1 is 0.638 bits per heavy atom. The summed E-state index contributed by atoms with van der Waals surface area (Å²) in [6.07, 6.45) is 9.07. The lowest BCUT2D eigenvalue weighted by Crippen LogP contribution is -2.12. The van der Waals surface area contributed by atoms with Crippen molar-refractivity contribution in [2.45, 2.75) is 53.3 Å². The van der Waals surface area contributed by atoms with Crippen molar-refractivity contribution in [1.82, 2.24) is 48.6 Å². The molecule has 0 saturated heterocycles. The van der Waals surface area contributed by atoms with Crippen molar-refractivity contribution >= 4 is 0 Å². The molecule has 0 unspecified atom stereocenters. The summed E-state index contributed by atoms with van der Waals surface area (Å²) in [5.74, 6) is 2.09. The highest BCUT2D eigenvalue weighted by atomic mass is 19.1. The summed E-state index contributed by atoms with van der Waals surface area (Å²) in [4.78, 5) is 8.68. The molecule has 69 heavy (non-hydrogen) atoms. The Bertz CT molecular complexity index is 3420. The summed E-state index contributed by atoms with van der Waals surface area (Å²) in [5, 5.41) is 37.5. The number of imidazole rings is 2. The van der Waals surface area contributed by atoms with Gasteiger partial charge in [-0.3, -0.25) is 4.57 Å². The van der Waals surface area contributed by atoms with Crippen molar-refractivity contribution in [2.24, 2.45) is 0 Å². The predicted octanol–water partition coefficient (Wildman–Crippen LogP) is 10.3. The zero-order valence-electron chi connectivity index (χ0n) is 38.9. The van der Waals surface area contributed by atoms with Crippen LogP contribution in [0.3, 0.4) is 0 Å². The maximum atomic E-state index is 13.4. The maximum Gasteiger partial charge on any atom is 0.165 e. The van der Waals surface area contributed by atoms with Crippen molar-refractivity contribution in [3.8, 4) is 74.2 Å². The number of benzene rings is 4. The molecule has 0 aliphatic carbocycles. The normalized spacial score (nSPS) is 12.1. The second kappa shape index (κ2) is 19.0. The van der Waals surface area contributed by atoms with Crippen LogP contribution in [-0.2, 0) is 6.61 Å². The molecule has 0 radical (unpaired) electrons. The van der Waals surface area contributed by atoms with E-state index in [1.807, 2.05) is 108 Å². The zero-order chi connectivity index (χ0) is 48.5. The Hall–Kier alpha value is -8.55. The number of halogens is 2. The second-order valence-corrected chi connectivity index (χ2v) is 16.7. The minimum atomic E-state index is -0.296. The summed E-state index contributed by atoms with van der Waals surface area (Å²) in [5.41, 5.74) is 12.2. The Morgan fingerprint density at radius 2 is 1.17 bits per heavy atom. The van der Waals surface area contributed by atoms with Crippen molar-refractivity contribution in [3.63, 3.8) is 0 Å². The summed E-state index contributed by atoms with van der Waals surface area (Å²) >= 11 is 0. The first-order valence-electron chi connectivity index (χ1n) is 22.1. The van der Waals surface area contributed by atoms with Gasteiger partial charge in [-0.05, 0) is 112 Å². The molecule has 0 bridgehead atoms. The average Bonchev–Trinajstić information content (AvgIpc) is 4.19. The molecular formula is C53H47F2N11O3. The Labute approximate surface area is 397 Å². The minimum Gasteiger partial charge on any atom is -0.495 e. The third-order valence-corrected chi connectivity index (χ3v) is 12.4. The number of aliphatic hydroxyl groups is 1. The van der Waals surface area contributed by atoms with Crippen molar-refractivity contribution in [3.05, 3.63) is 179 Å². The summed E-state index contributed by atoms with van der Waals surface area (Å²) in [7, 11) is 3.26.